The molecule has 1 saturated heterocycles. The number of carbonyl (C=O) groups is 1. The molecule has 0 atom stereocenters. The van der Waals surface area contributed by atoms with Crippen LogP contribution in [-0.4, -0.2) is 32.3 Å². The minimum Gasteiger partial charge on any atom is -0.342 e. The number of amides is 1. The molecular weight excluding hydrogens is 360 g/mol. The van der Waals surface area contributed by atoms with E-state index in [1.165, 1.54) is 5.56 Å². The van der Waals surface area contributed by atoms with Crippen molar-refractivity contribution >= 4 is 21.6 Å². The highest BCUT2D eigenvalue weighted by Crippen LogP contribution is 2.20. The molecule has 6 heteroatoms. The van der Waals surface area contributed by atoms with E-state index in [0.717, 1.165) is 24.9 Å². The average molecular weight is 387 g/mol. The molecule has 0 spiro atoms. The van der Waals surface area contributed by atoms with E-state index in [-0.39, 0.29) is 10.8 Å². The quantitative estimate of drug-likeness (QED) is 0.788. The number of likely N-dealkylation sites (tertiary alicyclic amines) is 1. The van der Waals surface area contributed by atoms with Crippen molar-refractivity contribution in [1.29, 1.82) is 0 Å². The van der Waals surface area contributed by atoms with Crippen LogP contribution >= 0.6 is 0 Å². The van der Waals surface area contributed by atoms with Crippen molar-refractivity contribution in [3.63, 3.8) is 0 Å². The van der Waals surface area contributed by atoms with Gasteiger partial charge in [0.15, 0.2) is 0 Å². The van der Waals surface area contributed by atoms with Gasteiger partial charge in [-0.3, -0.25) is 9.52 Å². The Labute approximate surface area is 161 Å². The van der Waals surface area contributed by atoms with Crippen molar-refractivity contribution in [1.82, 2.24) is 4.90 Å². The molecule has 0 radical (unpaired) electrons. The van der Waals surface area contributed by atoms with Gasteiger partial charge in [0.2, 0.25) is 5.91 Å². The number of sulfonamides is 1. The van der Waals surface area contributed by atoms with E-state index in [1.54, 1.807) is 24.3 Å². The molecule has 5 nitrogen and oxygen atoms in total. The number of carbonyl (C=O) groups excluding carboxylic acids is 1. The molecule has 1 fully saturated rings. The Hall–Kier alpha value is -2.34. The highest BCUT2D eigenvalue weighted by molar-refractivity contribution is 7.92. The molecule has 0 aromatic heterocycles. The number of anilines is 1. The summed E-state index contributed by atoms with van der Waals surface area (Å²) in [6.45, 7) is 5.71. The summed E-state index contributed by atoms with van der Waals surface area (Å²) in [4.78, 5) is 13.8. The second-order valence-corrected chi connectivity index (χ2v) is 8.94. The predicted molar refractivity (Wildman–Crippen MR) is 107 cm³/mol. The summed E-state index contributed by atoms with van der Waals surface area (Å²) in [5.41, 5.74) is 2.74. The average Bonchev–Trinajstić information content (AvgIpc) is 3.05. The van der Waals surface area contributed by atoms with Crippen molar-refractivity contribution in [2.75, 3.05) is 17.8 Å². The van der Waals surface area contributed by atoms with Gasteiger partial charge in [0, 0.05) is 25.2 Å². The van der Waals surface area contributed by atoms with Crippen LogP contribution in [0.4, 0.5) is 5.69 Å². The summed E-state index contributed by atoms with van der Waals surface area (Å²) in [7, 11) is -3.62. The van der Waals surface area contributed by atoms with Crippen molar-refractivity contribution in [2.45, 2.75) is 43.9 Å². The van der Waals surface area contributed by atoms with Crippen LogP contribution < -0.4 is 4.72 Å². The van der Waals surface area contributed by atoms with E-state index < -0.39 is 10.0 Å². The monoisotopic (exact) mass is 386 g/mol. The van der Waals surface area contributed by atoms with Gasteiger partial charge >= 0.3 is 0 Å². The number of nitrogens with zero attached hydrogens (tertiary/aromatic N) is 1. The fourth-order valence-corrected chi connectivity index (χ4v) is 4.25. The summed E-state index contributed by atoms with van der Waals surface area (Å²) in [6, 6.07) is 14.3. The first-order valence-electron chi connectivity index (χ1n) is 9.34. The lowest BCUT2D eigenvalue weighted by Gasteiger charge is -2.15. The van der Waals surface area contributed by atoms with Crippen LogP contribution in [0.3, 0.4) is 0 Å². The van der Waals surface area contributed by atoms with E-state index >= 15 is 0 Å². The number of nitrogens with one attached hydrogen (secondary N) is 1. The third-order valence-electron chi connectivity index (χ3n) is 4.90. The molecule has 3 rings (SSSR count). The Morgan fingerprint density at radius 1 is 1.04 bits per heavy atom. The van der Waals surface area contributed by atoms with Crippen molar-refractivity contribution in [2.24, 2.45) is 0 Å². The summed E-state index contributed by atoms with van der Waals surface area (Å²) in [6.07, 6.45) is 2.30. The molecule has 27 heavy (non-hydrogen) atoms. The Bertz CT molecular complexity index is 888. The van der Waals surface area contributed by atoms with Gasteiger partial charge in [0.25, 0.3) is 10.0 Å². The van der Waals surface area contributed by atoms with Gasteiger partial charge in [-0.1, -0.05) is 38.1 Å². The number of benzene rings is 2. The molecule has 1 amide bonds. The second-order valence-electron chi connectivity index (χ2n) is 7.26. The molecule has 1 aliphatic rings. The fraction of sp³-hybridized carbons (Fsp3) is 0.381. The summed E-state index contributed by atoms with van der Waals surface area (Å²) < 4.78 is 27.8. The van der Waals surface area contributed by atoms with Gasteiger partial charge in [0.1, 0.15) is 0 Å². The van der Waals surface area contributed by atoms with Gasteiger partial charge in [-0.2, -0.15) is 0 Å². The highest BCUT2D eigenvalue weighted by Gasteiger charge is 2.19. The first kappa shape index (κ1) is 19.4. The molecule has 2 aromatic carbocycles. The number of rotatable bonds is 7. The Morgan fingerprint density at radius 3 is 2.26 bits per heavy atom. The van der Waals surface area contributed by atoms with E-state index in [9.17, 15) is 13.2 Å². The third kappa shape index (κ3) is 4.89. The molecule has 0 aliphatic carbocycles. The van der Waals surface area contributed by atoms with Gasteiger partial charge in [0.05, 0.1) is 4.90 Å². The molecule has 1 aliphatic heterocycles. The van der Waals surface area contributed by atoms with E-state index in [1.807, 2.05) is 29.2 Å². The van der Waals surface area contributed by atoms with Crippen LogP contribution in [0.1, 0.15) is 43.7 Å². The smallest absolute Gasteiger partial charge is 0.261 e. The zero-order chi connectivity index (χ0) is 19.4. The molecule has 1 N–H and O–H groups in total. The first-order valence-corrected chi connectivity index (χ1v) is 10.8. The zero-order valence-electron chi connectivity index (χ0n) is 15.8. The van der Waals surface area contributed by atoms with Crippen LogP contribution in [0.2, 0.25) is 0 Å². The number of hydrogen-bond donors (Lipinski definition) is 1. The van der Waals surface area contributed by atoms with E-state index in [4.69, 9.17) is 0 Å². The van der Waals surface area contributed by atoms with Gasteiger partial charge in [-0.25, -0.2) is 8.42 Å². The summed E-state index contributed by atoms with van der Waals surface area (Å²) in [5.74, 6) is 0.612. The molecule has 1 heterocycles. The van der Waals surface area contributed by atoms with Gasteiger partial charge in [-0.15, -0.1) is 0 Å². The van der Waals surface area contributed by atoms with Crippen LogP contribution in [-0.2, 0) is 21.2 Å². The van der Waals surface area contributed by atoms with Crippen molar-refractivity contribution < 1.29 is 13.2 Å². The largest absolute Gasteiger partial charge is 0.342 e. The van der Waals surface area contributed by atoms with Crippen LogP contribution in [0, 0.1) is 0 Å². The molecule has 0 unspecified atom stereocenters. The minimum atomic E-state index is -3.62. The molecule has 0 bridgehead atoms. The van der Waals surface area contributed by atoms with Gasteiger partial charge < -0.3 is 4.90 Å². The molecule has 2 aromatic rings. The maximum absolute atomic E-state index is 12.6. The second kappa shape index (κ2) is 8.13. The molecule has 0 saturated carbocycles. The highest BCUT2D eigenvalue weighted by atomic mass is 32.2. The van der Waals surface area contributed by atoms with E-state index in [0.29, 0.717) is 24.6 Å². The molecule has 144 valence electrons. The lowest BCUT2D eigenvalue weighted by Crippen LogP contribution is -2.26. The van der Waals surface area contributed by atoms with E-state index in [2.05, 4.69) is 18.6 Å². The van der Waals surface area contributed by atoms with Crippen molar-refractivity contribution in [3.8, 4) is 0 Å². The first-order chi connectivity index (χ1) is 12.8. The minimum absolute atomic E-state index is 0.210. The normalized spacial score (nSPS) is 14.8. The predicted octanol–water partition coefficient (Wildman–Crippen LogP) is 3.78. The lowest BCUT2D eigenvalue weighted by atomic mass is 10.0. The Kier molecular flexibility index (Phi) is 5.85. The summed E-state index contributed by atoms with van der Waals surface area (Å²) >= 11 is 0. The summed E-state index contributed by atoms with van der Waals surface area (Å²) in [5, 5.41) is 0. The maximum atomic E-state index is 12.6. The Balaban J connectivity index is 1.63. The van der Waals surface area contributed by atoms with Crippen LogP contribution in [0.15, 0.2) is 53.4 Å². The topological polar surface area (TPSA) is 66.5 Å². The zero-order valence-corrected chi connectivity index (χ0v) is 16.6. The fourth-order valence-electron chi connectivity index (χ4n) is 3.19. The van der Waals surface area contributed by atoms with Gasteiger partial charge in [-0.05, 0) is 54.2 Å². The number of hydrogen-bond acceptors (Lipinski definition) is 3. The van der Waals surface area contributed by atoms with Crippen LogP contribution in [0.25, 0.3) is 0 Å². The molecular formula is C21H26N2O3S. The maximum Gasteiger partial charge on any atom is 0.261 e. The standard InChI is InChI=1S/C21H26N2O3S/c1-16(2)18-7-9-19(10-8-18)22-27(25,26)20-11-5-17(6-12-20)13-15-23-14-3-4-21(23)24/h5-12,16,22H,3-4,13-15H2,1-2H3. The van der Waals surface area contributed by atoms with Crippen LogP contribution in [0.5, 0.6) is 0 Å². The third-order valence-corrected chi connectivity index (χ3v) is 6.30. The Morgan fingerprint density at radius 2 is 1.70 bits per heavy atom. The lowest BCUT2D eigenvalue weighted by molar-refractivity contribution is -0.127. The SMILES string of the molecule is CC(C)c1ccc(NS(=O)(=O)c2ccc(CCN3CCCC3=O)cc2)cc1. The van der Waals surface area contributed by atoms with Crippen molar-refractivity contribution in [3.05, 3.63) is 59.7 Å².